The van der Waals surface area contributed by atoms with Gasteiger partial charge in [0.15, 0.2) is 0 Å². The van der Waals surface area contributed by atoms with E-state index in [1.54, 1.807) is 11.9 Å². The van der Waals surface area contributed by atoms with Crippen LogP contribution in [0.25, 0.3) is 0 Å². The number of nitrogens with one attached hydrogen (secondary N) is 1. The molecule has 134 valence electrons. The number of halogens is 1. The molecule has 1 rings (SSSR count). The summed E-state index contributed by atoms with van der Waals surface area (Å²) >= 11 is 5.94. The van der Waals surface area contributed by atoms with E-state index in [0.29, 0.717) is 24.4 Å². The zero-order valence-electron chi connectivity index (χ0n) is 15.1. The second-order valence-electron chi connectivity index (χ2n) is 6.95. The highest BCUT2D eigenvalue weighted by Crippen LogP contribution is 2.12. The molecule has 0 radical (unpaired) electrons. The molecule has 1 N–H and O–H groups in total. The molecule has 0 saturated carbocycles. The minimum absolute atomic E-state index is 0.0211. The van der Waals surface area contributed by atoms with Gasteiger partial charge in [0.2, 0.25) is 5.91 Å². The first-order chi connectivity index (χ1) is 11.1. The monoisotopic (exact) mass is 354 g/mol. The highest BCUT2D eigenvalue weighted by Gasteiger charge is 2.19. The first-order valence-corrected chi connectivity index (χ1v) is 8.42. The Bertz CT molecular complexity index is 570. The van der Waals surface area contributed by atoms with Crippen LogP contribution in [0.1, 0.15) is 39.7 Å². The average molecular weight is 355 g/mol. The van der Waals surface area contributed by atoms with Crippen molar-refractivity contribution in [2.45, 2.75) is 52.2 Å². The number of hydrogen-bond acceptors (Lipinski definition) is 3. The predicted molar refractivity (Wildman–Crippen MR) is 96.2 cm³/mol. The molecule has 1 aromatic rings. The summed E-state index contributed by atoms with van der Waals surface area (Å²) < 4.78 is 5.20. The van der Waals surface area contributed by atoms with Crippen LogP contribution < -0.4 is 5.32 Å². The SMILES string of the molecule is CC(CN(C)C(=O)CCc1cccc(Cl)c1)NC(=O)OC(C)(C)C. The van der Waals surface area contributed by atoms with Crippen LogP contribution in [0.4, 0.5) is 4.79 Å². The molecular weight excluding hydrogens is 328 g/mol. The second-order valence-corrected chi connectivity index (χ2v) is 7.39. The molecule has 0 aliphatic heterocycles. The van der Waals surface area contributed by atoms with Crippen LogP contribution in [0.3, 0.4) is 0 Å². The van der Waals surface area contributed by atoms with Crippen LogP contribution in [-0.2, 0) is 16.0 Å². The molecule has 1 unspecified atom stereocenters. The van der Waals surface area contributed by atoms with Crippen LogP contribution in [0.5, 0.6) is 0 Å². The largest absolute Gasteiger partial charge is 0.444 e. The van der Waals surface area contributed by atoms with Gasteiger partial charge >= 0.3 is 6.09 Å². The van der Waals surface area contributed by atoms with Crippen molar-refractivity contribution in [2.24, 2.45) is 0 Å². The Morgan fingerprint density at radius 1 is 1.33 bits per heavy atom. The van der Waals surface area contributed by atoms with E-state index in [1.165, 1.54) is 0 Å². The Labute approximate surface area is 149 Å². The summed E-state index contributed by atoms with van der Waals surface area (Å²) in [4.78, 5) is 25.5. The third kappa shape index (κ3) is 8.20. The van der Waals surface area contributed by atoms with E-state index in [-0.39, 0.29) is 11.9 Å². The Balaban J connectivity index is 2.39. The summed E-state index contributed by atoms with van der Waals surface area (Å²) in [5.74, 6) is 0.0211. The van der Waals surface area contributed by atoms with E-state index >= 15 is 0 Å². The van der Waals surface area contributed by atoms with Crippen molar-refractivity contribution >= 4 is 23.6 Å². The van der Waals surface area contributed by atoms with E-state index in [2.05, 4.69) is 5.32 Å². The molecule has 1 aromatic carbocycles. The Hall–Kier alpha value is -1.75. The zero-order valence-corrected chi connectivity index (χ0v) is 15.8. The van der Waals surface area contributed by atoms with Gasteiger partial charge in [0, 0.05) is 31.1 Å². The molecule has 0 heterocycles. The Kier molecular flexibility index (Phi) is 7.55. The standard InChI is InChI=1S/C18H27ClN2O3/c1-13(20-17(23)24-18(2,3)4)12-21(5)16(22)10-9-14-7-6-8-15(19)11-14/h6-8,11,13H,9-10,12H2,1-5H3,(H,20,23). The van der Waals surface area contributed by atoms with Crippen LogP contribution in [-0.4, -0.2) is 42.1 Å². The molecule has 0 aliphatic rings. The molecular formula is C18H27ClN2O3. The van der Waals surface area contributed by atoms with Crippen LogP contribution in [0.2, 0.25) is 5.02 Å². The molecule has 24 heavy (non-hydrogen) atoms. The van der Waals surface area contributed by atoms with E-state index in [0.717, 1.165) is 5.56 Å². The van der Waals surface area contributed by atoms with Crippen molar-refractivity contribution in [2.75, 3.05) is 13.6 Å². The molecule has 0 bridgehead atoms. The van der Waals surface area contributed by atoms with Crippen LogP contribution in [0, 0.1) is 0 Å². The van der Waals surface area contributed by atoms with Gasteiger partial charge in [-0.2, -0.15) is 0 Å². The lowest BCUT2D eigenvalue weighted by molar-refractivity contribution is -0.130. The summed E-state index contributed by atoms with van der Waals surface area (Å²) in [7, 11) is 1.73. The number of hydrogen-bond donors (Lipinski definition) is 1. The topological polar surface area (TPSA) is 58.6 Å². The molecule has 0 saturated heterocycles. The number of rotatable bonds is 6. The molecule has 5 nitrogen and oxygen atoms in total. The van der Waals surface area contributed by atoms with Gasteiger partial charge in [-0.15, -0.1) is 0 Å². The fraction of sp³-hybridized carbons (Fsp3) is 0.556. The number of carbonyl (C=O) groups excluding carboxylic acids is 2. The third-order valence-electron chi connectivity index (χ3n) is 3.25. The van der Waals surface area contributed by atoms with Crippen molar-refractivity contribution in [3.63, 3.8) is 0 Å². The van der Waals surface area contributed by atoms with E-state index < -0.39 is 11.7 Å². The van der Waals surface area contributed by atoms with Gasteiger partial charge in [0.05, 0.1) is 0 Å². The number of likely N-dealkylation sites (N-methyl/N-ethyl adjacent to an activating group) is 1. The van der Waals surface area contributed by atoms with Crippen molar-refractivity contribution < 1.29 is 14.3 Å². The first kappa shape index (κ1) is 20.3. The number of ether oxygens (including phenoxy) is 1. The van der Waals surface area contributed by atoms with Crippen molar-refractivity contribution in [1.29, 1.82) is 0 Å². The van der Waals surface area contributed by atoms with Gasteiger partial charge in [-0.3, -0.25) is 4.79 Å². The predicted octanol–water partition coefficient (Wildman–Crippen LogP) is 3.64. The molecule has 0 aromatic heterocycles. The highest BCUT2D eigenvalue weighted by atomic mass is 35.5. The zero-order chi connectivity index (χ0) is 18.3. The molecule has 0 fully saturated rings. The van der Waals surface area contributed by atoms with E-state index in [4.69, 9.17) is 16.3 Å². The smallest absolute Gasteiger partial charge is 0.407 e. The number of alkyl carbamates (subject to hydrolysis) is 1. The second kappa shape index (κ2) is 8.92. The van der Waals surface area contributed by atoms with Crippen molar-refractivity contribution in [3.8, 4) is 0 Å². The highest BCUT2D eigenvalue weighted by molar-refractivity contribution is 6.30. The number of aryl methyl sites for hydroxylation is 1. The summed E-state index contributed by atoms with van der Waals surface area (Å²) in [6.07, 6.45) is 0.558. The molecule has 0 aliphatic carbocycles. The average Bonchev–Trinajstić information content (AvgIpc) is 2.42. The first-order valence-electron chi connectivity index (χ1n) is 8.05. The number of benzene rings is 1. The molecule has 2 amide bonds. The fourth-order valence-electron chi connectivity index (χ4n) is 2.20. The normalized spacial score (nSPS) is 12.4. The lowest BCUT2D eigenvalue weighted by Crippen LogP contribution is -2.44. The Morgan fingerprint density at radius 3 is 2.58 bits per heavy atom. The number of carbonyl (C=O) groups is 2. The maximum Gasteiger partial charge on any atom is 0.407 e. The van der Waals surface area contributed by atoms with E-state index in [9.17, 15) is 9.59 Å². The molecule has 6 heteroatoms. The van der Waals surface area contributed by atoms with Crippen LogP contribution in [0.15, 0.2) is 24.3 Å². The summed E-state index contributed by atoms with van der Waals surface area (Å²) in [5, 5.41) is 3.40. The van der Waals surface area contributed by atoms with E-state index in [1.807, 2.05) is 52.0 Å². The quantitative estimate of drug-likeness (QED) is 0.848. The van der Waals surface area contributed by atoms with Gasteiger partial charge in [-0.05, 0) is 51.8 Å². The maximum absolute atomic E-state index is 12.2. The summed E-state index contributed by atoms with van der Waals surface area (Å²) in [6, 6.07) is 7.30. The van der Waals surface area contributed by atoms with Gasteiger partial charge in [-0.1, -0.05) is 23.7 Å². The Morgan fingerprint density at radius 2 is 2.00 bits per heavy atom. The van der Waals surface area contributed by atoms with Gasteiger partial charge in [-0.25, -0.2) is 4.79 Å². The van der Waals surface area contributed by atoms with Crippen LogP contribution >= 0.6 is 11.6 Å². The van der Waals surface area contributed by atoms with Gasteiger partial charge in [0.1, 0.15) is 5.60 Å². The minimum Gasteiger partial charge on any atom is -0.444 e. The number of amides is 2. The van der Waals surface area contributed by atoms with Crippen molar-refractivity contribution in [1.82, 2.24) is 10.2 Å². The molecule has 0 spiro atoms. The summed E-state index contributed by atoms with van der Waals surface area (Å²) in [5.41, 5.74) is 0.492. The van der Waals surface area contributed by atoms with Gasteiger partial charge < -0.3 is 15.0 Å². The van der Waals surface area contributed by atoms with Crippen molar-refractivity contribution in [3.05, 3.63) is 34.9 Å². The lowest BCUT2D eigenvalue weighted by atomic mass is 10.1. The minimum atomic E-state index is -0.539. The third-order valence-corrected chi connectivity index (χ3v) is 3.49. The number of nitrogens with zero attached hydrogens (tertiary/aromatic N) is 1. The fourth-order valence-corrected chi connectivity index (χ4v) is 2.41. The summed E-state index contributed by atoms with van der Waals surface area (Å²) in [6.45, 7) is 7.69. The lowest BCUT2D eigenvalue weighted by Gasteiger charge is -2.25. The maximum atomic E-state index is 12.2. The van der Waals surface area contributed by atoms with Gasteiger partial charge in [0.25, 0.3) is 0 Å². The molecule has 1 atom stereocenters.